The second kappa shape index (κ2) is 7.06. The Kier molecular flexibility index (Phi) is 4.20. The lowest BCUT2D eigenvalue weighted by atomic mass is 9.80. The SMILES string of the molecule is Ic1ccc(C2=CC3c4cccnc4-c4ncccc4C3N2c2ccccc2)cc1. The molecule has 1 aliphatic carbocycles. The highest BCUT2D eigenvalue weighted by molar-refractivity contribution is 14.1. The maximum atomic E-state index is 4.75. The fourth-order valence-corrected chi connectivity index (χ4v) is 5.09. The summed E-state index contributed by atoms with van der Waals surface area (Å²) in [7, 11) is 0. The van der Waals surface area contributed by atoms with Crippen molar-refractivity contribution in [2.45, 2.75) is 12.0 Å². The second-order valence-corrected chi connectivity index (χ2v) is 8.86. The Morgan fingerprint density at radius 1 is 0.700 bits per heavy atom. The summed E-state index contributed by atoms with van der Waals surface area (Å²) in [5.41, 5.74) is 8.13. The molecular weight excluding hydrogens is 481 g/mol. The number of rotatable bonds is 2. The van der Waals surface area contributed by atoms with Crippen LogP contribution in [0.3, 0.4) is 0 Å². The van der Waals surface area contributed by atoms with E-state index in [-0.39, 0.29) is 12.0 Å². The van der Waals surface area contributed by atoms with Crippen LogP contribution in [0.1, 0.15) is 28.7 Å². The van der Waals surface area contributed by atoms with Crippen molar-refractivity contribution in [2.75, 3.05) is 4.90 Å². The molecule has 0 saturated heterocycles. The van der Waals surface area contributed by atoms with E-state index in [1.807, 2.05) is 24.5 Å². The molecule has 0 amide bonds. The number of para-hydroxylation sites is 1. The topological polar surface area (TPSA) is 29.0 Å². The standard InChI is InChI=1S/C26H18IN3/c27-18-12-10-17(11-13-18)23-16-22-20-8-4-14-28-24(20)25-21(9-5-15-29-25)26(22)30(23)19-6-2-1-3-7-19/h1-16,22,26H. The Labute approximate surface area is 189 Å². The number of halogens is 1. The van der Waals surface area contributed by atoms with Gasteiger partial charge in [0.25, 0.3) is 0 Å². The highest BCUT2D eigenvalue weighted by Crippen LogP contribution is 2.55. The van der Waals surface area contributed by atoms with E-state index in [9.17, 15) is 0 Å². The van der Waals surface area contributed by atoms with Crippen LogP contribution in [-0.2, 0) is 0 Å². The molecular formula is C26H18IN3. The van der Waals surface area contributed by atoms with Gasteiger partial charge in [-0.25, -0.2) is 0 Å². The summed E-state index contributed by atoms with van der Waals surface area (Å²) in [5, 5.41) is 0. The molecule has 0 saturated carbocycles. The summed E-state index contributed by atoms with van der Waals surface area (Å²) in [6.45, 7) is 0. The number of hydrogen-bond donors (Lipinski definition) is 0. The first-order valence-corrected chi connectivity index (χ1v) is 11.1. The molecule has 2 atom stereocenters. The van der Waals surface area contributed by atoms with E-state index >= 15 is 0 Å². The van der Waals surface area contributed by atoms with E-state index in [1.165, 1.54) is 31.6 Å². The van der Waals surface area contributed by atoms with Crippen LogP contribution in [0.15, 0.2) is 97.3 Å². The Morgan fingerprint density at radius 2 is 1.37 bits per heavy atom. The minimum Gasteiger partial charge on any atom is -0.333 e. The van der Waals surface area contributed by atoms with Crippen LogP contribution in [0.25, 0.3) is 17.1 Å². The molecule has 3 heterocycles. The highest BCUT2D eigenvalue weighted by Gasteiger charge is 2.43. The van der Waals surface area contributed by atoms with Gasteiger partial charge in [0.15, 0.2) is 0 Å². The van der Waals surface area contributed by atoms with Crippen LogP contribution in [0.2, 0.25) is 0 Å². The molecule has 2 aliphatic rings. The first-order valence-electron chi connectivity index (χ1n) is 10.0. The fraction of sp³-hybridized carbons (Fsp3) is 0.0769. The van der Waals surface area contributed by atoms with Crippen molar-refractivity contribution in [3.63, 3.8) is 0 Å². The lowest BCUT2D eigenvalue weighted by molar-refractivity contribution is 0.648. The zero-order valence-corrected chi connectivity index (χ0v) is 18.3. The van der Waals surface area contributed by atoms with E-state index in [2.05, 4.69) is 100 Å². The molecule has 4 heteroatoms. The Morgan fingerprint density at radius 3 is 2.10 bits per heavy atom. The third-order valence-electron chi connectivity index (χ3n) is 5.97. The molecule has 0 fully saturated rings. The van der Waals surface area contributed by atoms with Gasteiger partial charge in [-0.3, -0.25) is 9.97 Å². The molecule has 2 unspecified atom stereocenters. The zero-order chi connectivity index (χ0) is 20.1. The van der Waals surface area contributed by atoms with Crippen LogP contribution in [0, 0.1) is 3.57 Å². The van der Waals surface area contributed by atoms with Gasteiger partial charge < -0.3 is 4.90 Å². The van der Waals surface area contributed by atoms with Gasteiger partial charge in [-0.2, -0.15) is 0 Å². The summed E-state index contributed by atoms with van der Waals surface area (Å²) in [6, 6.07) is 28.1. The van der Waals surface area contributed by atoms with Crippen LogP contribution in [0.4, 0.5) is 5.69 Å². The normalized spacial score (nSPS) is 19.0. The number of anilines is 1. The molecule has 0 bridgehead atoms. The highest BCUT2D eigenvalue weighted by atomic mass is 127. The Bertz CT molecular complexity index is 1260. The molecule has 0 N–H and O–H groups in total. The van der Waals surface area contributed by atoms with Crippen molar-refractivity contribution in [3.8, 4) is 11.4 Å². The lowest BCUT2D eigenvalue weighted by Crippen LogP contribution is -2.29. The summed E-state index contributed by atoms with van der Waals surface area (Å²) < 4.78 is 1.24. The van der Waals surface area contributed by atoms with Gasteiger partial charge in [0.2, 0.25) is 0 Å². The van der Waals surface area contributed by atoms with Crippen molar-refractivity contribution in [3.05, 3.63) is 118 Å². The van der Waals surface area contributed by atoms with Gasteiger partial charge in [-0.1, -0.05) is 48.5 Å². The average Bonchev–Trinajstić information content (AvgIpc) is 3.21. The van der Waals surface area contributed by atoms with Gasteiger partial charge in [-0.15, -0.1) is 0 Å². The van der Waals surface area contributed by atoms with Crippen molar-refractivity contribution in [1.29, 1.82) is 0 Å². The molecule has 1 aliphatic heterocycles. The number of pyridine rings is 2. The minimum atomic E-state index is 0.155. The first kappa shape index (κ1) is 17.8. The molecule has 0 radical (unpaired) electrons. The lowest BCUT2D eigenvalue weighted by Gasteiger charge is -2.37. The molecule has 2 aromatic heterocycles. The Hall–Kier alpha value is -2.99. The van der Waals surface area contributed by atoms with E-state index in [0.29, 0.717) is 0 Å². The Balaban J connectivity index is 1.62. The minimum absolute atomic E-state index is 0.155. The maximum absolute atomic E-state index is 4.75. The molecule has 0 spiro atoms. The predicted molar refractivity (Wildman–Crippen MR) is 129 cm³/mol. The third kappa shape index (κ3) is 2.70. The molecule has 3 nitrogen and oxygen atoms in total. The molecule has 2 aromatic carbocycles. The van der Waals surface area contributed by atoms with Crippen LogP contribution in [0.5, 0.6) is 0 Å². The third-order valence-corrected chi connectivity index (χ3v) is 6.69. The number of fused-ring (bicyclic) bond motifs is 6. The fourth-order valence-electron chi connectivity index (χ4n) is 4.73. The maximum Gasteiger partial charge on any atom is 0.0942 e. The second-order valence-electron chi connectivity index (χ2n) is 7.62. The van der Waals surface area contributed by atoms with Crippen molar-refractivity contribution < 1.29 is 0 Å². The summed E-state index contributed by atoms with van der Waals surface area (Å²) in [6.07, 6.45) is 6.15. The molecule has 6 rings (SSSR count). The van der Waals surface area contributed by atoms with E-state index in [1.54, 1.807) is 0 Å². The largest absolute Gasteiger partial charge is 0.333 e. The quantitative estimate of drug-likeness (QED) is 0.297. The molecule has 4 aromatic rings. The number of benzene rings is 2. The average molecular weight is 499 g/mol. The number of aromatic nitrogens is 2. The van der Waals surface area contributed by atoms with Crippen LogP contribution in [-0.4, -0.2) is 9.97 Å². The van der Waals surface area contributed by atoms with E-state index in [0.717, 1.165) is 11.4 Å². The van der Waals surface area contributed by atoms with Crippen molar-refractivity contribution >= 4 is 34.0 Å². The van der Waals surface area contributed by atoms with E-state index < -0.39 is 0 Å². The first-order chi connectivity index (χ1) is 14.8. The van der Waals surface area contributed by atoms with Crippen molar-refractivity contribution in [1.82, 2.24) is 9.97 Å². The van der Waals surface area contributed by atoms with Gasteiger partial charge >= 0.3 is 0 Å². The van der Waals surface area contributed by atoms with E-state index in [4.69, 9.17) is 9.97 Å². The number of nitrogens with zero attached hydrogens (tertiary/aromatic N) is 3. The van der Waals surface area contributed by atoms with Gasteiger partial charge in [0.05, 0.1) is 17.4 Å². The molecule has 144 valence electrons. The number of hydrogen-bond acceptors (Lipinski definition) is 3. The predicted octanol–water partition coefficient (Wildman–Crippen LogP) is 6.45. The summed E-state index contributed by atoms with van der Waals surface area (Å²) in [4.78, 5) is 11.9. The monoisotopic (exact) mass is 499 g/mol. The summed E-state index contributed by atoms with van der Waals surface area (Å²) >= 11 is 2.36. The van der Waals surface area contributed by atoms with Gasteiger partial charge in [-0.05, 0) is 70.1 Å². The summed E-state index contributed by atoms with van der Waals surface area (Å²) in [5.74, 6) is 0.222. The van der Waals surface area contributed by atoms with Crippen molar-refractivity contribution in [2.24, 2.45) is 0 Å². The molecule has 30 heavy (non-hydrogen) atoms. The smallest absolute Gasteiger partial charge is 0.0942 e. The zero-order valence-electron chi connectivity index (χ0n) is 16.1. The van der Waals surface area contributed by atoms with Crippen LogP contribution >= 0.6 is 22.6 Å². The van der Waals surface area contributed by atoms with Crippen LogP contribution < -0.4 is 4.90 Å². The van der Waals surface area contributed by atoms with Gasteiger partial charge in [0.1, 0.15) is 0 Å². The van der Waals surface area contributed by atoms with Gasteiger partial charge in [0, 0.05) is 38.8 Å².